The average Bonchev–Trinajstić information content (AvgIpc) is 2.52. The van der Waals surface area contributed by atoms with Crippen LogP contribution in [0.25, 0.3) is 10.8 Å². The average molecular weight is 409 g/mol. The van der Waals surface area contributed by atoms with Crippen LogP contribution < -0.4 is 10.1 Å². The van der Waals surface area contributed by atoms with Crippen molar-refractivity contribution in [2.24, 2.45) is 0 Å². The standard InChI is InChI=1S/C15H11Br2N3O/c1-18-14-13(17)15(20-8-19-14)21-11-7-6-9-4-2-3-5-10(9)12(11)16/h2-8H,1H3,(H,18,19,20). The van der Waals surface area contributed by atoms with Crippen molar-refractivity contribution >= 4 is 48.5 Å². The molecule has 0 saturated carbocycles. The van der Waals surface area contributed by atoms with Gasteiger partial charge in [-0.3, -0.25) is 0 Å². The minimum Gasteiger partial charge on any atom is -0.436 e. The number of ether oxygens (including phenoxy) is 1. The van der Waals surface area contributed by atoms with Crippen LogP contribution in [-0.2, 0) is 0 Å². The molecule has 3 rings (SSSR count). The third-order valence-electron chi connectivity index (χ3n) is 3.03. The number of rotatable bonds is 3. The van der Waals surface area contributed by atoms with Crippen molar-refractivity contribution in [2.45, 2.75) is 0 Å². The molecule has 0 aliphatic heterocycles. The van der Waals surface area contributed by atoms with Gasteiger partial charge in [-0.25, -0.2) is 9.97 Å². The molecule has 0 radical (unpaired) electrons. The Morgan fingerprint density at radius 1 is 1.00 bits per heavy atom. The normalized spacial score (nSPS) is 10.6. The van der Waals surface area contributed by atoms with Crippen molar-refractivity contribution in [3.63, 3.8) is 0 Å². The zero-order chi connectivity index (χ0) is 14.8. The molecule has 0 aliphatic carbocycles. The third kappa shape index (κ3) is 2.73. The molecule has 21 heavy (non-hydrogen) atoms. The van der Waals surface area contributed by atoms with Crippen LogP contribution in [0.5, 0.6) is 11.6 Å². The first kappa shape index (κ1) is 14.3. The molecular weight excluding hydrogens is 398 g/mol. The van der Waals surface area contributed by atoms with Crippen molar-refractivity contribution < 1.29 is 4.74 Å². The van der Waals surface area contributed by atoms with Gasteiger partial charge in [0.1, 0.15) is 22.4 Å². The molecule has 0 saturated heterocycles. The van der Waals surface area contributed by atoms with Crippen molar-refractivity contribution in [2.75, 3.05) is 12.4 Å². The lowest BCUT2D eigenvalue weighted by atomic mass is 10.1. The van der Waals surface area contributed by atoms with E-state index < -0.39 is 0 Å². The molecule has 0 spiro atoms. The monoisotopic (exact) mass is 407 g/mol. The molecule has 1 N–H and O–H groups in total. The summed E-state index contributed by atoms with van der Waals surface area (Å²) in [6.07, 6.45) is 1.46. The third-order valence-corrected chi connectivity index (χ3v) is 4.56. The van der Waals surface area contributed by atoms with E-state index in [0.29, 0.717) is 21.9 Å². The number of fused-ring (bicyclic) bond motifs is 1. The van der Waals surface area contributed by atoms with Crippen LogP contribution >= 0.6 is 31.9 Å². The van der Waals surface area contributed by atoms with Gasteiger partial charge in [-0.2, -0.15) is 0 Å². The van der Waals surface area contributed by atoms with E-state index in [1.807, 2.05) is 30.3 Å². The molecule has 1 heterocycles. The summed E-state index contributed by atoms with van der Waals surface area (Å²) in [6, 6.07) is 12.0. The minimum atomic E-state index is 0.463. The molecule has 3 aromatic rings. The van der Waals surface area contributed by atoms with Gasteiger partial charge in [0.25, 0.3) is 0 Å². The number of hydrogen-bond donors (Lipinski definition) is 1. The summed E-state index contributed by atoms with van der Waals surface area (Å²) in [5.41, 5.74) is 0. The zero-order valence-corrected chi connectivity index (χ0v) is 14.3. The molecule has 0 amide bonds. The number of benzene rings is 2. The summed E-state index contributed by atoms with van der Waals surface area (Å²) in [5.74, 6) is 1.84. The molecule has 0 fully saturated rings. The Morgan fingerprint density at radius 2 is 1.81 bits per heavy atom. The molecule has 1 aromatic heterocycles. The van der Waals surface area contributed by atoms with Crippen LogP contribution in [0.3, 0.4) is 0 Å². The highest BCUT2D eigenvalue weighted by Gasteiger charge is 2.12. The predicted molar refractivity (Wildman–Crippen MR) is 91.0 cm³/mol. The summed E-state index contributed by atoms with van der Waals surface area (Å²) in [6.45, 7) is 0. The fourth-order valence-electron chi connectivity index (χ4n) is 2.00. The van der Waals surface area contributed by atoms with Gasteiger partial charge >= 0.3 is 0 Å². The Labute approximate surface area is 138 Å². The van der Waals surface area contributed by atoms with E-state index in [2.05, 4.69) is 53.2 Å². The van der Waals surface area contributed by atoms with Gasteiger partial charge in [0.2, 0.25) is 5.88 Å². The largest absolute Gasteiger partial charge is 0.436 e. The van der Waals surface area contributed by atoms with Gasteiger partial charge in [0.15, 0.2) is 0 Å². The van der Waals surface area contributed by atoms with Gasteiger partial charge in [0, 0.05) is 7.05 Å². The quantitative estimate of drug-likeness (QED) is 0.663. The van der Waals surface area contributed by atoms with E-state index >= 15 is 0 Å². The Hall–Kier alpha value is -1.66. The zero-order valence-electron chi connectivity index (χ0n) is 11.1. The second-order valence-electron chi connectivity index (χ2n) is 4.29. The van der Waals surface area contributed by atoms with Crippen LogP contribution in [-0.4, -0.2) is 17.0 Å². The maximum atomic E-state index is 5.91. The number of halogens is 2. The molecule has 0 aliphatic rings. The number of hydrogen-bond acceptors (Lipinski definition) is 4. The maximum Gasteiger partial charge on any atom is 0.238 e. The highest BCUT2D eigenvalue weighted by atomic mass is 79.9. The van der Waals surface area contributed by atoms with E-state index in [1.54, 1.807) is 7.05 Å². The Kier molecular flexibility index (Phi) is 4.07. The van der Waals surface area contributed by atoms with E-state index in [9.17, 15) is 0 Å². The molecule has 2 aromatic carbocycles. The lowest BCUT2D eigenvalue weighted by Crippen LogP contribution is -1.98. The van der Waals surface area contributed by atoms with Crippen LogP contribution in [0.2, 0.25) is 0 Å². The van der Waals surface area contributed by atoms with Crippen molar-refractivity contribution in [1.82, 2.24) is 9.97 Å². The molecule has 0 bridgehead atoms. The van der Waals surface area contributed by atoms with Crippen molar-refractivity contribution in [3.8, 4) is 11.6 Å². The van der Waals surface area contributed by atoms with Crippen LogP contribution in [0.4, 0.5) is 5.82 Å². The summed E-state index contributed by atoms with van der Waals surface area (Å²) >= 11 is 7.05. The van der Waals surface area contributed by atoms with Crippen molar-refractivity contribution in [3.05, 3.63) is 51.7 Å². The Balaban J connectivity index is 2.04. The number of nitrogens with one attached hydrogen (secondary N) is 1. The van der Waals surface area contributed by atoms with E-state index in [0.717, 1.165) is 15.2 Å². The number of aromatic nitrogens is 2. The summed E-state index contributed by atoms with van der Waals surface area (Å²) in [7, 11) is 1.79. The van der Waals surface area contributed by atoms with Crippen molar-refractivity contribution in [1.29, 1.82) is 0 Å². The lowest BCUT2D eigenvalue weighted by molar-refractivity contribution is 0.456. The topological polar surface area (TPSA) is 47.0 Å². The first-order valence-electron chi connectivity index (χ1n) is 6.24. The fraction of sp³-hybridized carbons (Fsp3) is 0.0667. The van der Waals surface area contributed by atoms with Crippen LogP contribution in [0.1, 0.15) is 0 Å². The van der Waals surface area contributed by atoms with E-state index in [-0.39, 0.29) is 0 Å². The van der Waals surface area contributed by atoms with E-state index in [4.69, 9.17) is 4.74 Å². The Bertz CT molecular complexity index is 808. The summed E-state index contributed by atoms with van der Waals surface area (Å²) in [5, 5.41) is 5.22. The number of nitrogens with zero attached hydrogens (tertiary/aromatic N) is 2. The van der Waals surface area contributed by atoms with Crippen LogP contribution in [0.15, 0.2) is 51.7 Å². The Morgan fingerprint density at radius 3 is 2.62 bits per heavy atom. The molecule has 106 valence electrons. The second-order valence-corrected chi connectivity index (χ2v) is 5.88. The minimum absolute atomic E-state index is 0.463. The second kappa shape index (κ2) is 5.99. The first-order chi connectivity index (χ1) is 10.2. The molecule has 6 heteroatoms. The smallest absolute Gasteiger partial charge is 0.238 e. The molecule has 0 unspecified atom stereocenters. The van der Waals surface area contributed by atoms with Crippen LogP contribution in [0, 0.1) is 0 Å². The van der Waals surface area contributed by atoms with Gasteiger partial charge in [0.05, 0.1) is 4.47 Å². The molecule has 0 atom stereocenters. The maximum absolute atomic E-state index is 5.91. The molecular formula is C15H11Br2N3O. The van der Waals surface area contributed by atoms with Gasteiger partial charge < -0.3 is 10.1 Å². The summed E-state index contributed by atoms with van der Waals surface area (Å²) < 4.78 is 7.49. The highest BCUT2D eigenvalue weighted by molar-refractivity contribution is 9.11. The highest BCUT2D eigenvalue weighted by Crippen LogP contribution is 2.38. The fourth-order valence-corrected chi connectivity index (χ4v) is 3.05. The van der Waals surface area contributed by atoms with Gasteiger partial charge in [-0.15, -0.1) is 0 Å². The predicted octanol–water partition coefficient (Wildman–Crippen LogP) is 4.99. The van der Waals surface area contributed by atoms with Gasteiger partial charge in [-0.1, -0.05) is 30.3 Å². The lowest BCUT2D eigenvalue weighted by Gasteiger charge is -2.11. The number of anilines is 1. The molecule has 4 nitrogen and oxygen atoms in total. The first-order valence-corrected chi connectivity index (χ1v) is 7.82. The van der Waals surface area contributed by atoms with Gasteiger partial charge in [-0.05, 0) is 48.7 Å². The van der Waals surface area contributed by atoms with E-state index in [1.165, 1.54) is 6.33 Å². The SMILES string of the molecule is CNc1ncnc(Oc2ccc3ccccc3c2Br)c1Br. The summed E-state index contributed by atoms with van der Waals surface area (Å²) in [4.78, 5) is 8.27.